The number of hydrogen-bond acceptors (Lipinski definition) is 4. The van der Waals surface area contributed by atoms with Crippen LogP contribution >= 0.6 is 22.9 Å². The summed E-state index contributed by atoms with van der Waals surface area (Å²) >= 11 is 8.06. The molecule has 0 spiro atoms. The van der Waals surface area contributed by atoms with Crippen molar-refractivity contribution in [3.63, 3.8) is 0 Å². The number of hydrogen-bond donors (Lipinski definition) is 1. The van der Waals surface area contributed by atoms with Gasteiger partial charge in [0.2, 0.25) is 0 Å². The number of primary amides is 1. The van der Waals surface area contributed by atoms with Crippen molar-refractivity contribution < 1.29 is 18.8 Å². The number of rotatable bonds is 5. The van der Waals surface area contributed by atoms with Crippen LogP contribution in [0.15, 0.2) is 78.9 Å². The molecule has 5 nitrogen and oxygen atoms in total. The van der Waals surface area contributed by atoms with Crippen LogP contribution in [-0.4, -0.2) is 23.1 Å². The van der Waals surface area contributed by atoms with Crippen LogP contribution in [0.5, 0.6) is 0 Å². The number of urea groups is 1. The van der Waals surface area contributed by atoms with Gasteiger partial charge in [0, 0.05) is 21.9 Å². The molecule has 8 heteroatoms. The third-order valence-corrected chi connectivity index (χ3v) is 8.07. The van der Waals surface area contributed by atoms with Crippen LogP contribution in [0, 0.1) is 23.6 Å². The van der Waals surface area contributed by atoms with Gasteiger partial charge in [0.15, 0.2) is 0 Å². The zero-order valence-corrected chi connectivity index (χ0v) is 23.3. The minimum atomic E-state index is -0.900. The first-order valence-corrected chi connectivity index (χ1v) is 14.0. The molecule has 5 rings (SSSR count). The van der Waals surface area contributed by atoms with Crippen LogP contribution in [0.2, 0.25) is 5.02 Å². The quantitative estimate of drug-likeness (QED) is 0.211. The smallest absolute Gasteiger partial charge is 0.349 e. The third kappa shape index (κ3) is 6.36. The molecule has 1 aromatic heterocycles. The van der Waals surface area contributed by atoms with Crippen molar-refractivity contribution in [1.29, 1.82) is 0 Å². The van der Waals surface area contributed by atoms with Crippen LogP contribution in [0.1, 0.15) is 33.4 Å². The van der Waals surface area contributed by atoms with Crippen molar-refractivity contribution in [3.05, 3.63) is 116 Å². The number of nitrogens with two attached hydrogens (primary N) is 1. The molecule has 1 aliphatic carbocycles. The monoisotopic (exact) mass is 572 g/mol. The average Bonchev–Trinajstić information content (AvgIpc) is 3.57. The molecule has 1 unspecified atom stereocenters. The predicted octanol–water partition coefficient (Wildman–Crippen LogP) is 6.79. The maximum atomic E-state index is 13.2. The lowest BCUT2D eigenvalue weighted by atomic mass is 10.0. The Bertz CT molecular complexity index is 1610. The van der Waals surface area contributed by atoms with E-state index in [-0.39, 0.29) is 5.82 Å². The van der Waals surface area contributed by atoms with Crippen LogP contribution in [0.25, 0.3) is 11.1 Å². The summed E-state index contributed by atoms with van der Waals surface area (Å²) in [7, 11) is 0. The number of thiophene rings is 1. The maximum absolute atomic E-state index is 13.2. The van der Waals surface area contributed by atoms with Gasteiger partial charge in [-0.1, -0.05) is 65.9 Å². The van der Waals surface area contributed by atoms with Crippen LogP contribution < -0.4 is 5.73 Å². The average molecular weight is 573 g/mol. The SMILES string of the molecule is C[C@H](C#Cc1ccc(Cc2ccc(F)cc2)s1)N(OC(=O)C1Cc2cc(Cl)c(-c3ccccc3)cc2C1)C(N)=O. The van der Waals surface area contributed by atoms with E-state index < -0.39 is 24.0 Å². The van der Waals surface area contributed by atoms with Crippen molar-refractivity contribution in [1.82, 2.24) is 5.06 Å². The molecule has 0 fully saturated rings. The van der Waals surface area contributed by atoms with Crippen LogP contribution in [0.3, 0.4) is 0 Å². The highest BCUT2D eigenvalue weighted by Gasteiger charge is 2.33. The fraction of sp³-hybridized carbons (Fsp3) is 0.188. The van der Waals surface area contributed by atoms with E-state index in [0.717, 1.165) is 42.6 Å². The Hall–Kier alpha value is -4.12. The van der Waals surface area contributed by atoms with Crippen LogP contribution in [0.4, 0.5) is 9.18 Å². The minimum absolute atomic E-state index is 0.269. The second-order valence-electron chi connectivity index (χ2n) is 9.66. The molecule has 0 radical (unpaired) electrons. The number of fused-ring (bicyclic) bond motifs is 1. The number of carbonyl (C=O) groups excluding carboxylic acids is 2. The fourth-order valence-electron chi connectivity index (χ4n) is 4.71. The Morgan fingerprint density at radius 3 is 2.48 bits per heavy atom. The lowest BCUT2D eigenvalue weighted by molar-refractivity contribution is -0.184. The molecular formula is C32H26ClFN2O3S. The Balaban J connectivity index is 1.23. The van der Waals surface area contributed by atoms with Crippen molar-refractivity contribution >= 4 is 34.9 Å². The summed E-state index contributed by atoms with van der Waals surface area (Å²) in [4.78, 5) is 32.6. The zero-order valence-electron chi connectivity index (χ0n) is 21.7. The Morgan fingerprint density at radius 1 is 1.07 bits per heavy atom. The molecule has 40 heavy (non-hydrogen) atoms. The first kappa shape index (κ1) is 27.4. The molecule has 3 aromatic carbocycles. The molecule has 0 saturated heterocycles. The third-order valence-electron chi connectivity index (χ3n) is 6.75. The van der Waals surface area contributed by atoms with E-state index in [1.165, 1.54) is 23.5 Å². The van der Waals surface area contributed by atoms with Gasteiger partial charge in [0.05, 0.1) is 10.8 Å². The molecule has 1 heterocycles. The number of carbonyl (C=O) groups is 2. The molecule has 0 aliphatic heterocycles. The summed E-state index contributed by atoms with van der Waals surface area (Å²) < 4.78 is 13.2. The highest BCUT2D eigenvalue weighted by atomic mass is 35.5. The number of hydroxylamine groups is 2. The van der Waals surface area contributed by atoms with Gasteiger partial charge in [0.1, 0.15) is 11.9 Å². The van der Waals surface area contributed by atoms with Gasteiger partial charge in [-0.25, -0.2) is 14.0 Å². The summed E-state index contributed by atoms with van der Waals surface area (Å²) in [6.07, 6.45) is 1.60. The van der Waals surface area contributed by atoms with E-state index >= 15 is 0 Å². The van der Waals surface area contributed by atoms with Gasteiger partial charge in [-0.2, -0.15) is 0 Å². The van der Waals surface area contributed by atoms with E-state index in [0.29, 0.717) is 24.3 Å². The highest BCUT2D eigenvalue weighted by molar-refractivity contribution is 7.12. The van der Waals surface area contributed by atoms with Gasteiger partial charge in [0.25, 0.3) is 0 Å². The Labute approximate surface area is 241 Å². The number of amides is 2. The topological polar surface area (TPSA) is 72.6 Å². The summed E-state index contributed by atoms with van der Waals surface area (Å²) in [5.74, 6) is 4.71. The van der Waals surface area contributed by atoms with Gasteiger partial charge in [-0.3, -0.25) is 0 Å². The van der Waals surface area contributed by atoms with E-state index in [1.807, 2.05) is 54.6 Å². The number of nitrogens with zero attached hydrogens (tertiary/aromatic N) is 1. The maximum Gasteiger partial charge on any atom is 0.349 e. The zero-order chi connectivity index (χ0) is 28.2. The fourth-order valence-corrected chi connectivity index (χ4v) is 5.91. The molecule has 0 saturated carbocycles. The van der Waals surface area contributed by atoms with Crippen molar-refractivity contribution in [2.45, 2.75) is 32.2 Å². The molecule has 4 aromatic rings. The normalized spacial score (nSPS) is 14.5. The summed E-state index contributed by atoms with van der Waals surface area (Å²) in [5.41, 5.74) is 10.5. The molecule has 2 atom stereocenters. The molecule has 2 amide bonds. The minimum Gasteiger partial charge on any atom is -0.349 e. The highest BCUT2D eigenvalue weighted by Crippen LogP contribution is 2.36. The van der Waals surface area contributed by atoms with Crippen molar-refractivity contribution in [3.8, 4) is 23.0 Å². The van der Waals surface area contributed by atoms with Gasteiger partial charge in [-0.15, -0.1) is 16.4 Å². The van der Waals surface area contributed by atoms with Gasteiger partial charge in [-0.05, 0) is 78.4 Å². The van der Waals surface area contributed by atoms with Crippen LogP contribution in [-0.2, 0) is 28.9 Å². The molecule has 2 N–H and O–H groups in total. The van der Waals surface area contributed by atoms with E-state index in [9.17, 15) is 14.0 Å². The second kappa shape index (κ2) is 12.0. The number of benzene rings is 3. The van der Waals surface area contributed by atoms with E-state index in [2.05, 4.69) is 11.8 Å². The first-order valence-electron chi connectivity index (χ1n) is 12.8. The summed E-state index contributed by atoms with van der Waals surface area (Å²) in [6.45, 7) is 1.65. The van der Waals surface area contributed by atoms with E-state index in [1.54, 1.807) is 19.1 Å². The summed E-state index contributed by atoms with van der Waals surface area (Å²) in [5, 5.41) is 1.45. The van der Waals surface area contributed by atoms with Gasteiger partial charge >= 0.3 is 12.0 Å². The molecule has 1 aliphatic rings. The Kier molecular flexibility index (Phi) is 8.20. The molecule has 202 valence electrons. The lowest BCUT2D eigenvalue weighted by Gasteiger charge is -2.23. The first-order chi connectivity index (χ1) is 19.3. The Morgan fingerprint density at radius 2 is 1.77 bits per heavy atom. The standard InChI is InChI=1S/C32H26ClFN2O3S/c1-20(7-12-27-13-14-28(40-27)15-21-8-10-26(34)11-9-21)36(32(35)38)39-31(37)25-16-23-18-29(22-5-3-2-4-6-22)30(33)19-24(23)17-25/h2-6,8-11,13-14,18-20,25H,15-17H2,1H3,(H2,35,38)/t20-,25?/m1/s1. The van der Waals surface area contributed by atoms with Crippen molar-refractivity contribution in [2.75, 3.05) is 0 Å². The lowest BCUT2D eigenvalue weighted by Crippen LogP contribution is -2.44. The van der Waals surface area contributed by atoms with E-state index in [4.69, 9.17) is 22.2 Å². The molecular weight excluding hydrogens is 547 g/mol. The van der Waals surface area contributed by atoms with Gasteiger partial charge < -0.3 is 10.6 Å². The predicted molar refractivity (Wildman–Crippen MR) is 155 cm³/mol. The second-order valence-corrected chi connectivity index (χ2v) is 11.2. The molecule has 0 bridgehead atoms. The summed E-state index contributed by atoms with van der Waals surface area (Å²) in [6, 6.07) is 22.3. The largest absolute Gasteiger partial charge is 0.349 e. The van der Waals surface area contributed by atoms with Crippen molar-refractivity contribution in [2.24, 2.45) is 11.7 Å². The number of halogens is 2.